The zero-order valence-corrected chi connectivity index (χ0v) is 10.1. The van der Waals surface area contributed by atoms with E-state index in [1.807, 2.05) is 32.0 Å². The van der Waals surface area contributed by atoms with Gasteiger partial charge in [0, 0.05) is 24.6 Å². The van der Waals surface area contributed by atoms with Gasteiger partial charge in [-0.25, -0.2) is 4.79 Å². The number of nitrogens with zero attached hydrogens (tertiary/aromatic N) is 1. The molecular weight excluding hydrogens is 216 g/mol. The molecule has 0 fully saturated rings. The molecule has 0 spiro atoms. The minimum absolute atomic E-state index is 0.0901. The minimum Gasteiger partial charge on any atom is -0.336 e. The number of Topliss-reactive ketones (excluding diaryl/α,β-unsaturated/α-hetero) is 1. The van der Waals surface area contributed by atoms with E-state index in [4.69, 9.17) is 0 Å². The van der Waals surface area contributed by atoms with Crippen molar-refractivity contribution in [3.63, 3.8) is 0 Å². The van der Waals surface area contributed by atoms with Gasteiger partial charge in [-0.15, -0.1) is 0 Å². The van der Waals surface area contributed by atoms with Crippen LogP contribution in [0.5, 0.6) is 0 Å². The van der Waals surface area contributed by atoms with Gasteiger partial charge in [0.15, 0.2) is 5.78 Å². The molecule has 4 heteroatoms. The van der Waals surface area contributed by atoms with Gasteiger partial charge >= 0.3 is 6.03 Å². The summed E-state index contributed by atoms with van der Waals surface area (Å²) in [5.74, 6) is 0.106. The molecule has 1 heterocycles. The van der Waals surface area contributed by atoms with Gasteiger partial charge in [0.25, 0.3) is 0 Å². The average Bonchev–Trinajstić information content (AvgIpc) is 2.29. The molecule has 0 bridgehead atoms. The summed E-state index contributed by atoms with van der Waals surface area (Å²) in [4.78, 5) is 25.3. The molecule has 1 aliphatic rings. The van der Waals surface area contributed by atoms with Crippen molar-refractivity contribution in [1.29, 1.82) is 0 Å². The number of carbonyl (C=O) groups excluding carboxylic acids is 2. The smallest absolute Gasteiger partial charge is 0.322 e. The van der Waals surface area contributed by atoms with E-state index < -0.39 is 0 Å². The zero-order chi connectivity index (χ0) is 12.4. The number of hydrogen-bond donors (Lipinski definition) is 1. The molecule has 17 heavy (non-hydrogen) atoms. The van der Waals surface area contributed by atoms with Crippen LogP contribution in [0.15, 0.2) is 24.3 Å². The van der Waals surface area contributed by atoms with Gasteiger partial charge in [-0.1, -0.05) is 12.1 Å². The first-order valence-electron chi connectivity index (χ1n) is 5.80. The summed E-state index contributed by atoms with van der Waals surface area (Å²) in [6.07, 6.45) is 0.391. The Morgan fingerprint density at radius 3 is 2.76 bits per heavy atom. The molecule has 0 aliphatic carbocycles. The number of ketones is 1. The number of nitrogens with one attached hydrogen (secondary N) is 1. The molecule has 1 N–H and O–H groups in total. The molecule has 0 radical (unpaired) electrons. The summed E-state index contributed by atoms with van der Waals surface area (Å²) >= 11 is 0. The van der Waals surface area contributed by atoms with Crippen LogP contribution in [-0.2, 0) is 0 Å². The van der Waals surface area contributed by atoms with E-state index >= 15 is 0 Å². The SMILES string of the molecule is CC(C)NC(=O)N1CCC(=O)c2ccccc21. The fraction of sp³-hybridized carbons (Fsp3) is 0.385. The largest absolute Gasteiger partial charge is 0.336 e. The Morgan fingerprint density at radius 1 is 1.35 bits per heavy atom. The van der Waals surface area contributed by atoms with Crippen molar-refractivity contribution in [2.45, 2.75) is 26.3 Å². The maximum atomic E-state index is 12.0. The fourth-order valence-corrected chi connectivity index (χ4v) is 1.95. The number of rotatable bonds is 1. The fourth-order valence-electron chi connectivity index (χ4n) is 1.95. The molecule has 1 aliphatic heterocycles. The summed E-state index contributed by atoms with van der Waals surface area (Å²) in [7, 11) is 0. The van der Waals surface area contributed by atoms with Crippen molar-refractivity contribution in [2.75, 3.05) is 11.4 Å². The third-order valence-electron chi connectivity index (χ3n) is 2.72. The number of hydrogen-bond acceptors (Lipinski definition) is 2. The quantitative estimate of drug-likeness (QED) is 0.807. The highest BCUT2D eigenvalue weighted by atomic mass is 16.2. The Labute approximate surface area is 101 Å². The predicted molar refractivity (Wildman–Crippen MR) is 66.4 cm³/mol. The standard InChI is InChI=1S/C13H16N2O2/c1-9(2)14-13(17)15-8-7-12(16)10-5-3-4-6-11(10)15/h3-6,9H,7-8H2,1-2H3,(H,14,17). The van der Waals surface area contributed by atoms with Crippen LogP contribution >= 0.6 is 0 Å². The van der Waals surface area contributed by atoms with Crippen LogP contribution in [0, 0.1) is 0 Å². The van der Waals surface area contributed by atoms with Gasteiger partial charge in [0.1, 0.15) is 0 Å². The Balaban J connectivity index is 2.30. The Morgan fingerprint density at radius 2 is 2.06 bits per heavy atom. The lowest BCUT2D eigenvalue weighted by Crippen LogP contribution is -2.46. The monoisotopic (exact) mass is 232 g/mol. The van der Waals surface area contributed by atoms with Crippen LogP contribution < -0.4 is 10.2 Å². The normalized spacial score (nSPS) is 14.8. The summed E-state index contributed by atoms with van der Waals surface area (Å²) in [6.45, 7) is 4.28. The Kier molecular flexibility index (Phi) is 3.13. The van der Waals surface area contributed by atoms with Gasteiger partial charge in [-0.3, -0.25) is 9.69 Å². The molecule has 0 unspecified atom stereocenters. The summed E-state index contributed by atoms with van der Waals surface area (Å²) < 4.78 is 0. The second-order valence-electron chi connectivity index (χ2n) is 4.45. The number of para-hydroxylation sites is 1. The highest BCUT2D eigenvalue weighted by Crippen LogP contribution is 2.26. The van der Waals surface area contributed by atoms with E-state index in [-0.39, 0.29) is 17.9 Å². The van der Waals surface area contributed by atoms with Crippen LogP contribution in [0.25, 0.3) is 0 Å². The first-order chi connectivity index (χ1) is 8.09. The molecular formula is C13H16N2O2. The third kappa shape index (κ3) is 2.30. The van der Waals surface area contributed by atoms with Gasteiger partial charge in [-0.05, 0) is 26.0 Å². The molecule has 1 aromatic carbocycles. The van der Waals surface area contributed by atoms with E-state index in [1.54, 1.807) is 11.0 Å². The number of amides is 2. The predicted octanol–water partition coefficient (Wildman–Crippen LogP) is 2.20. The molecule has 0 atom stereocenters. The van der Waals surface area contributed by atoms with E-state index in [9.17, 15) is 9.59 Å². The van der Waals surface area contributed by atoms with Crippen LogP contribution in [0.4, 0.5) is 10.5 Å². The lowest BCUT2D eigenvalue weighted by molar-refractivity contribution is 0.0981. The van der Waals surface area contributed by atoms with Crippen molar-refractivity contribution >= 4 is 17.5 Å². The summed E-state index contributed by atoms with van der Waals surface area (Å²) in [5.41, 5.74) is 1.35. The summed E-state index contributed by atoms with van der Waals surface area (Å²) in [5, 5.41) is 2.84. The Hall–Kier alpha value is -1.84. The molecule has 2 amide bonds. The van der Waals surface area contributed by atoms with E-state index in [0.29, 0.717) is 24.2 Å². The number of anilines is 1. The third-order valence-corrected chi connectivity index (χ3v) is 2.72. The van der Waals surface area contributed by atoms with Crippen molar-refractivity contribution in [2.24, 2.45) is 0 Å². The maximum absolute atomic E-state index is 12.0. The van der Waals surface area contributed by atoms with E-state index in [0.717, 1.165) is 0 Å². The number of carbonyl (C=O) groups is 2. The van der Waals surface area contributed by atoms with E-state index in [2.05, 4.69) is 5.32 Å². The van der Waals surface area contributed by atoms with E-state index in [1.165, 1.54) is 0 Å². The zero-order valence-electron chi connectivity index (χ0n) is 10.1. The molecule has 0 aromatic heterocycles. The lowest BCUT2D eigenvalue weighted by Gasteiger charge is -2.29. The van der Waals surface area contributed by atoms with Crippen LogP contribution in [-0.4, -0.2) is 24.4 Å². The average molecular weight is 232 g/mol. The van der Waals surface area contributed by atoms with Crippen LogP contribution in [0.2, 0.25) is 0 Å². The first kappa shape index (κ1) is 11.6. The van der Waals surface area contributed by atoms with Crippen molar-refractivity contribution < 1.29 is 9.59 Å². The molecule has 0 saturated heterocycles. The molecule has 2 rings (SSSR count). The molecule has 0 saturated carbocycles. The topological polar surface area (TPSA) is 49.4 Å². The molecule has 90 valence electrons. The van der Waals surface area contributed by atoms with Crippen molar-refractivity contribution in [1.82, 2.24) is 5.32 Å². The number of urea groups is 1. The van der Waals surface area contributed by atoms with Crippen molar-refractivity contribution in [3.05, 3.63) is 29.8 Å². The first-order valence-corrected chi connectivity index (χ1v) is 5.80. The second kappa shape index (κ2) is 4.57. The second-order valence-corrected chi connectivity index (χ2v) is 4.45. The van der Waals surface area contributed by atoms with Crippen LogP contribution in [0.3, 0.4) is 0 Å². The van der Waals surface area contributed by atoms with Gasteiger partial charge in [0.2, 0.25) is 0 Å². The maximum Gasteiger partial charge on any atom is 0.322 e. The van der Waals surface area contributed by atoms with Gasteiger partial charge in [0.05, 0.1) is 5.69 Å². The number of fused-ring (bicyclic) bond motifs is 1. The lowest BCUT2D eigenvalue weighted by atomic mass is 10.0. The highest BCUT2D eigenvalue weighted by molar-refractivity contribution is 6.08. The van der Waals surface area contributed by atoms with Gasteiger partial charge < -0.3 is 5.32 Å². The summed E-state index contributed by atoms with van der Waals surface area (Å²) in [6, 6.07) is 7.19. The van der Waals surface area contributed by atoms with Gasteiger partial charge in [-0.2, -0.15) is 0 Å². The van der Waals surface area contributed by atoms with Crippen LogP contribution in [0.1, 0.15) is 30.6 Å². The Bertz CT molecular complexity index is 454. The highest BCUT2D eigenvalue weighted by Gasteiger charge is 2.26. The van der Waals surface area contributed by atoms with Crippen molar-refractivity contribution in [3.8, 4) is 0 Å². The molecule has 1 aromatic rings. The molecule has 4 nitrogen and oxygen atoms in total. The minimum atomic E-state index is -0.139. The number of benzene rings is 1.